The Labute approximate surface area is 217 Å². The summed E-state index contributed by atoms with van der Waals surface area (Å²) in [5.74, 6) is -1.91. The van der Waals surface area contributed by atoms with Gasteiger partial charge in [-0.25, -0.2) is 0 Å². The monoisotopic (exact) mass is 492 g/mol. The van der Waals surface area contributed by atoms with Gasteiger partial charge in [-0.2, -0.15) is 0 Å². The highest BCUT2D eigenvalue weighted by Gasteiger charge is 2.22. The lowest BCUT2D eigenvalue weighted by Crippen LogP contribution is -2.21. The second-order valence-corrected chi connectivity index (χ2v) is 10.1. The average Bonchev–Trinajstić information content (AvgIpc) is 2.84. The quantitative estimate of drug-likeness (QED) is 0.0704. The van der Waals surface area contributed by atoms with E-state index in [-0.39, 0.29) is 13.0 Å². The molecule has 0 fully saturated rings. The van der Waals surface area contributed by atoms with Crippen molar-refractivity contribution in [2.45, 2.75) is 148 Å². The van der Waals surface area contributed by atoms with Gasteiger partial charge < -0.3 is 9.84 Å². The molecule has 1 atom stereocenters. The summed E-state index contributed by atoms with van der Waals surface area (Å²) in [6.07, 6.45) is 32.7. The summed E-state index contributed by atoms with van der Waals surface area (Å²) in [5, 5.41) is 9.00. The molecule has 204 valence electrons. The second kappa shape index (κ2) is 27.0. The van der Waals surface area contributed by atoms with Crippen molar-refractivity contribution in [3.8, 4) is 0 Å². The molecule has 0 saturated heterocycles. The molecule has 0 spiro atoms. The summed E-state index contributed by atoms with van der Waals surface area (Å²) in [7, 11) is 0. The van der Waals surface area contributed by atoms with E-state index in [9.17, 15) is 9.59 Å². The van der Waals surface area contributed by atoms with E-state index < -0.39 is 17.9 Å². The molecule has 4 heteroatoms. The summed E-state index contributed by atoms with van der Waals surface area (Å²) in [6.45, 7) is 5.93. The fourth-order valence-electron chi connectivity index (χ4n) is 4.47. The molecule has 0 aliphatic rings. The topological polar surface area (TPSA) is 63.6 Å². The van der Waals surface area contributed by atoms with Crippen molar-refractivity contribution in [1.82, 2.24) is 0 Å². The van der Waals surface area contributed by atoms with E-state index in [1.165, 1.54) is 102 Å². The van der Waals surface area contributed by atoms with Crippen LogP contribution in [0.15, 0.2) is 24.8 Å². The Hall–Kier alpha value is -1.58. The van der Waals surface area contributed by atoms with E-state index >= 15 is 0 Å². The Morgan fingerprint density at radius 2 is 1.14 bits per heavy atom. The number of esters is 1. The predicted molar refractivity (Wildman–Crippen MR) is 149 cm³/mol. The smallest absolute Gasteiger partial charge is 0.309 e. The van der Waals surface area contributed by atoms with Crippen molar-refractivity contribution in [2.75, 3.05) is 6.61 Å². The molecule has 35 heavy (non-hydrogen) atoms. The Morgan fingerprint density at radius 3 is 1.57 bits per heavy atom. The van der Waals surface area contributed by atoms with Crippen LogP contribution in [0, 0.1) is 5.92 Å². The van der Waals surface area contributed by atoms with Crippen LogP contribution < -0.4 is 0 Å². The van der Waals surface area contributed by atoms with Gasteiger partial charge in [0.05, 0.1) is 12.3 Å². The highest BCUT2D eigenvalue weighted by atomic mass is 16.5. The molecule has 0 saturated carbocycles. The predicted octanol–water partition coefficient (Wildman–Crippen LogP) is 9.57. The van der Waals surface area contributed by atoms with Gasteiger partial charge in [0, 0.05) is 0 Å². The number of carboxylic acid groups (broad SMARTS) is 1. The maximum Gasteiger partial charge on any atom is 0.309 e. The molecule has 0 aliphatic carbocycles. The van der Waals surface area contributed by atoms with Gasteiger partial charge in [-0.1, -0.05) is 134 Å². The van der Waals surface area contributed by atoms with Crippen molar-refractivity contribution in [3.05, 3.63) is 24.8 Å². The van der Waals surface area contributed by atoms with Crippen molar-refractivity contribution in [1.29, 1.82) is 0 Å². The number of ether oxygens (including phenoxy) is 1. The molecular formula is C31H56O4. The molecule has 0 aromatic rings. The first-order valence-corrected chi connectivity index (χ1v) is 14.8. The molecule has 0 aromatic carbocycles. The Morgan fingerprint density at radius 1 is 0.714 bits per heavy atom. The fourth-order valence-corrected chi connectivity index (χ4v) is 4.47. The van der Waals surface area contributed by atoms with Crippen LogP contribution >= 0.6 is 0 Å². The third-order valence-corrected chi connectivity index (χ3v) is 6.66. The maximum atomic E-state index is 11.9. The fraction of sp³-hybridized carbons (Fsp3) is 0.806. The normalized spacial score (nSPS) is 12.1. The SMILES string of the molecule is C=CCOC(=O)C(CCCCCC/C=C/CCCCCCCCCCCCCCCC)CC(=O)O. The van der Waals surface area contributed by atoms with Gasteiger partial charge in [-0.15, -0.1) is 0 Å². The zero-order chi connectivity index (χ0) is 25.8. The van der Waals surface area contributed by atoms with Gasteiger partial charge in [0.25, 0.3) is 0 Å². The lowest BCUT2D eigenvalue weighted by atomic mass is 9.97. The van der Waals surface area contributed by atoms with Gasteiger partial charge in [0.15, 0.2) is 0 Å². The largest absolute Gasteiger partial charge is 0.481 e. The Bertz CT molecular complexity index is 526. The number of allylic oxidation sites excluding steroid dienone is 2. The van der Waals surface area contributed by atoms with E-state index in [0.29, 0.717) is 6.42 Å². The van der Waals surface area contributed by atoms with Crippen LogP contribution in [0.25, 0.3) is 0 Å². The van der Waals surface area contributed by atoms with E-state index in [1.54, 1.807) is 0 Å². The molecule has 0 rings (SSSR count). The van der Waals surface area contributed by atoms with Crippen LogP contribution in [0.5, 0.6) is 0 Å². The lowest BCUT2D eigenvalue weighted by Gasteiger charge is -2.13. The summed E-state index contributed by atoms with van der Waals surface area (Å²) in [6, 6.07) is 0. The molecule has 1 N–H and O–H groups in total. The van der Waals surface area contributed by atoms with E-state index in [2.05, 4.69) is 25.7 Å². The molecule has 0 heterocycles. The minimum atomic E-state index is -0.950. The number of hydrogen-bond donors (Lipinski definition) is 1. The first kappa shape index (κ1) is 33.4. The van der Waals surface area contributed by atoms with Crippen LogP contribution in [0.4, 0.5) is 0 Å². The van der Waals surface area contributed by atoms with Crippen LogP contribution in [0.3, 0.4) is 0 Å². The molecule has 0 aliphatic heterocycles. The third-order valence-electron chi connectivity index (χ3n) is 6.66. The number of carbonyl (C=O) groups excluding carboxylic acids is 1. The first-order valence-electron chi connectivity index (χ1n) is 14.8. The number of carbonyl (C=O) groups is 2. The zero-order valence-electron chi connectivity index (χ0n) is 23.0. The summed E-state index contributed by atoms with van der Waals surface area (Å²) in [4.78, 5) is 22.9. The van der Waals surface area contributed by atoms with E-state index in [1.807, 2.05) is 0 Å². The van der Waals surface area contributed by atoms with Crippen LogP contribution in [0.2, 0.25) is 0 Å². The third kappa shape index (κ3) is 25.3. The van der Waals surface area contributed by atoms with Crippen LogP contribution in [0.1, 0.15) is 148 Å². The standard InChI is InChI=1S/C31H56O4/c1-3-5-6-7-8-9-10-11-12-13-14-15-16-17-18-19-20-21-22-23-24-25-26-29(28-30(32)33)31(34)35-27-4-2/h4,19-20,29H,2-3,5-18,21-28H2,1H3,(H,32,33)/b20-19+. The summed E-state index contributed by atoms with van der Waals surface area (Å²) in [5.41, 5.74) is 0. The molecule has 0 bridgehead atoms. The number of hydrogen-bond acceptors (Lipinski definition) is 3. The Kier molecular flexibility index (Phi) is 25.8. The van der Waals surface area contributed by atoms with Gasteiger partial charge in [0.2, 0.25) is 0 Å². The maximum absolute atomic E-state index is 11.9. The first-order chi connectivity index (χ1) is 17.1. The van der Waals surface area contributed by atoms with Crippen molar-refractivity contribution < 1.29 is 19.4 Å². The number of unbranched alkanes of at least 4 members (excludes halogenated alkanes) is 18. The second-order valence-electron chi connectivity index (χ2n) is 10.1. The summed E-state index contributed by atoms with van der Waals surface area (Å²) >= 11 is 0. The summed E-state index contributed by atoms with van der Waals surface area (Å²) < 4.78 is 5.02. The van der Waals surface area contributed by atoms with Gasteiger partial charge in [-0.05, 0) is 32.1 Å². The highest BCUT2D eigenvalue weighted by molar-refractivity contribution is 5.79. The number of carboxylic acids is 1. The number of aliphatic carboxylic acids is 1. The van der Waals surface area contributed by atoms with Crippen LogP contribution in [-0.2, 0) is 14.3 Å². The van der Waals surface area contributed by atoms with Gasteiger partial charge in [-0.3, -0.25) is 9.59 Å². The lowest BCUT2D eigenvalue weighted by molar-refractivity contribution is -0.152. The van der Waals surface area contributed by atoms with Gasteiger partial charge in [0.1, 0.15) is 6.61 Å². The zero-order valence-corrected chi connectivity index (χ0v) is 23.0. The molecule has 0 amide bonds. The minimum Gasteiger partial charge on any atom is -0.481 e. The van der Waals surface area contributed by atoms with Crippen molar-refractivity contribution in [2.24, 2.45) is 5.92 Å². The van der Waals surface area contributed by atoms with Crippen LogP contribution in [-0.4, -0.2) is 23.7 Å². The average molecular weight is 493 g/mol. The molecular weight excluding hydrogens is 436 g/mol. The Balaban J connectivity index is 3.44. The van der Waals surface area contributed by atoms with Crippen molar-refractivity contribution in [3.63, 3.8) is 0 Å². The van der Waals surface area contributed by atoms with E-state index in [4.69, 9.17) is 9.84 Å². The minimum absolute atomic E-state index is 0.140. The molecule has 4 nitrogen and oxygen atoms in total. The van der Waals surface area contributed by atoms with Crippen molar-refractivity contribution >= 4 is 11.9 Å². The molecule has 0 radical (unpaired) electrons. The van der Waals surface area contributed by atoms with Gasteiger partial charge >= 0.3 is 11.9 Å². The molecule has 1 unspecified atom stereocenters. The molecule has 0 aromatic heterocycles. The van der Waals surface area contributed by atoms with E-state index in [0.717, 1.165) is 32.1 Å². The number of rotatable bonds is 27. The highest BCUT2D eigenvalue weighted by Crippen LogP contribution is 2.17.